The number of aryl methyl sites for hydroxylation is 1. The second kappa shape index (κ2) is 5.47. The van der Waals surface area contributed by atoms with Crippen molar-refractivity contribution < 1.29 is 4.74 Å². The van der Waals surface area contributed by atoms with E-state index in [-0.39, 0.29) is 6.10 Å². The minimum atomic E-state index is 0.283. The fourth-order valence-electron chi connectivity index (χ4n) is 1.77. The molecule has 0 bridgehead atoms. The van der Waals surface area contributed by atoms with E-state index < -0.39 is 0 Å². The smallest absolute Gasteiger partial charge is 0.185 e. The van der Waals surface area contributed by atoms with Crippen LogP contribution in [0.15, 0.2) is 5.38 Å². The molecule has 1 saturated heterocycles. The first-order valence-electron chi connectivity index (χ1n) is 5.63. The van der Waals surface area contributed by atoms with Gasteiger partial charge in [0.15, 0.2) is 5.13 Å². The van der Waals surface area contributed by atoms with Gasteiger partial charge in [-0.2, -0.15) is 0 Å². The van der Waals surface area contributed by atoms with Gasteiger partial charge in [-0.15, -0.1) is 11.3 Å². The standard InChI is InChI=1S/C11H17BrN2OS/c1-3-9-7-16-11(13-9)14-5-10(4-12)15-6-8(14)2/h7-8,10H,3-6H2,1-2H3. The Morgan fingerprint density at radius 3 is 3.12 bits per heavy atom. The molecule has 0 saturated carbocycles. The number of alkyl halides is 1. The van der Waals surface area contributed by atoms with Crippen molar-refractivity contribution in [1.82, 2.24) is 4.98 Å². The molecule has 0 aromatic carbocycles. The number of hydrogen-bond donors (Lipinski definition) is 0. The second-order valence-corrected chi connectivity index (χ2v) is 5.57. The largest absolute Gasteiger partial charge is 0.373 e. The first-order chi connectivity index (χ1) is 7.74. The quantitative estimate of drug-likeness (QED) is 0.803. The van der Waals surface area contributed by atoms with Crippen molar-refractivity contribution in [3.8, 4) is 0 Å². The number of rotatable bonds is 3. The summed E-state index contributed by atoms with van der Waals surface area (Å²) in [4.78, 5) is 7.01. The van der Waals surface area contributed by atoms with E-state index in [1.807, 2.05) is 0 Å². The molecule has 2 heterocycles. The van der Waals surface area contributed by atoms with Gasteiger partial charge in [-0.25, -0.2) is 4.98 Å². The van der Waals surface area contributed by atoms with Crippen LogP contribution >= 0.6 is 27.3 Å². The summed E-state index contributed by atoms with van der Waals surface area (Å²) in [6.45, 7) is 6.06. The minimum Gasteiger partial charge on any atom is -0.373 e. The highest BCUT2D eigenvalue weighted by atomic mass is 79.9. The van der Waals surface area contributed by atoms with E-state index in [1.54, 1.807) is 11.3 Å². The normalized spacial score (nSPS) is 26.1. The molecular formula is C11H17BrN2OS. The Balaban J connectivity index is 2.11. The van der Waals surface area contributed by atoms with Crippen LogP contribution in [0.3, 0.4) is 0 Å². The van der Waals surface area contributed by atoms with Gasteiger partial charge in [0.1, 0.15) is 0 Å². The molecule has 0 amide bonds. The van der Waals surface area contributed by atoms with Crippen molar-refractivity contribution in [1.29, 1.82) is 0 Å². The number of thiazole rings is 1. The molecule has 5 heteroatoms. The first kappa shape index (κ1) is 12.3. The van der Waals surface area contributed by atoms with Crippen LogP contribution in [-0.2, 0) is 11.2 Å². The lowest BCUT2D eigenvalue weighted by Gasteiger charge is -2.37. The van der Waals surface area contributed by atoms with Gasteiger partial charge in [0, 0.05) is 17.3 Å². The van der Waals surface area contributed by atoms with E-state index in [9.17, 15) is 0 Å². The Morgan fingerprint density at radius 1 is 1.69 bits per heavy atom. The number of nitrogens with zero attached hydrogens (tertiary/aromatic N) is 2. The zero-order valence-electron chi connectivity index (χ0n) is 9.65. The Kier molecular flexibility index (Phi) is 4.21. The van der Waals surface area contributed by atoms with Gasteiger partial charge in [-0.3, -0.25) is 0 Å². The third kappa shape index (κ3) is 2.57. The van der Waals surface area contributed by atoms with E-state index >= 15 is 0 Å². The van der Waals surface area contributed by atoms with E-state index in [0.717, 1.165) is 30.0 Å². The highest BCUT2D eigenvalue weighted by molar-refractivity contribution is 9.09. The number of aromatic nitrogens is 1. The lowest BCUT2D eigenvalue weighted by atomic mass is 10.2. The molecule has 1 aliphatic rings. The Labute approximate surface area is 109 Å². The molecule has 1 aromatic rings. The minimum absolute atomic E-state index is 0.283. The van der Waals surface area contributed by atoms with Crippen LogP contribution in [0.25, 0.3) is 0 Å². The lowest BCUT2D eigenvalue weighted by molar-refractivity contribution is 0.0379. The van der Waals surface area contributed by atoms with Crippen molar-refractivity contribution in [3.63, 3.8) is 0 Å². The summed E-state index contributed by atoms with van der Waals surface area (Å²) in [5, 5.41) is 4.18. The summed E-state index contributed by atoms with van der Waals surface area (Å²) in [6, 6.07) is 0.422. The molecule has 1 aliphatic heterocycles. The average Bonchev–Trinajstić information content (AvgIpc) is 2.78. The molecule has 16 heavy (non-hydrogen) atoms. The fraction of sp³-hybridized carbons (Fsp3) is 0.727. The zero-order chi connectivity index (χ0) is 11.5. The van der Waals surface area contributed by atoms with Crippen LogP contribution in [-0.4, -0.2) is 35.6 Å². The van der Waals surface area contributed by atoms with Crippen molar-refractivity contribution in [2.24, 2.45) is 0 Å². The molecule has 0 aliphatic carbocycles. The Morgan fingerprint density at radius 2 is 2.50 bits per heavy atom. The first-order valence-corrected chi connectivity index (χ1v) is 7.63. The zero-order valence-corrected chi connectivity index (χ0v) is 12.1. The van der Waals surface area contributed by atoms with Gasteiger partial charge < -0.3 is 9.64 Å². The summed E-state index contributed by atoms with van der Waals surface area (Å²) >= 11 is 5.22. The SMILES string of the molecule is CCc1csc(N2CC(CBr)OCC2C)n1. The van der Waals surface area contributed by atoms with Crippen LogP contribution in [0.2, 0.25) is 0 Å². The maximum Gasteiger partial charge on any atom is 0.185 e. The molecule has 0 spiro atoms. The van der Waals surface area contributed by atoms with Crippen molar-refractivity contribution in [2.45, 2.75) is 32.4 Å². The molecule has 2 atom stereocenters. The number of halogens is 1. The summed E-state index contributed by atoms with van der Waals surface area (Å²) in [7, 11) is 0. The van der Waals surface area contributed by atoms with Crippen molar-refractivity contribution in [2.75, 3.05) is 23.4 Å². The van der Waals surface area contributed by atoms with Gasteiger partial charge in [0.2, 0.25) is 0 Å². The van der Waals surface area contributed by atoms with E-state index in [0.29, 0.717) is 6.04 Å². The highest BCUT2D eigenvalue weighted by Gasteiger charge is 2.27. The topological polar surface area (TPSA) is 25.4 Å². The van der Waals surface area contributed by atoms with E-state index in [1.165, 1.54) is 5.69 Å². The predicted octanol–water partition coefficient (Wildman–Crippen LogP) is 2.69. The Hall–Kier alpha value is -0.130. The van der Waals surface area contributed by atoms with Crippen molar-refractivity contribution in [3.05, 3.63) is 11.1 Å². The third-order valence-corrected chi connectivity index (χ3v) is 4.47. The highest BCUT2D eigenvalue weighted by Crippen LogP contribution is 2.26. The molecule has 2 unspecified atom stereocenters. The molecule has 1 aromatic heterocycles. The van der Waals surface area contributed by atoms with Crippen LogP contribution in [0, 0.1) is 0 Å². The average molecular weight is 305 g/mol. The van der Waals surface area contributed by atoms with Crippen LogP contribution in [0.1, 0.15) is 19.5 Å². The molecule has 0 radical (unpaired) electrons. The summed E-state index contributed by atoms with van der Waals surface area (Å²) < 4.78 is 5.71. The van der Waals surface area contributed by atoms with E-state index in [4.69, 9.17) is 4.74 Å². The summed E-state index contributed by atoms with van der Waals surface area (Å²) in [6.07, 6.45) is 1.29. The molecular weight excluding hydrogens is 288 g/mol. The number of morpholine rings is 1. The third-order valence-electron chi connectivity index (χ3n) is 2.83. The maximum atomic E-state index is 5.71. The molecule has 3 nitrogen and oxygen atoms in total. The van der Waals surface area contributed by atoms with Crippen molar-refractivity contribution >= 4 is 32.4 Å². The van der Waals surface area contributed by atoms with Gasteiger partial charge in [-0.1, -0.05) is 22.9 Å². The van der Waals surface area contributed by atoms with Gasteiger partial charge in [0.25, 0.3) is 0 Å². The van der Waals surface area contributed by atoms with Gasteiger partial charge in [0.05, 0.1) is 24.4 Å². The number of hydrogen-bond acceptors (Lipinski definition) is 4. The van der Waals surface area contributed by atoms with Crippen LogP contribution < -0.4 is 4.90 Å². The maximum absolute atomic E-state index is 5.71. The molecule has 0 N–H and O–H groups in total. The molecule has 1 fully saturated rings. The summed E-state index contributed by atoms with van der Waals surface area (Å²) in [5.41, 5.74) is 1.19. The second-order valence-electron chi connectivity index (χ2n) is 4.09. The fourth-order valence-corrected chi connectivity index (χ4v) is 3.18. The molecule has 2 rings (SSSR count). The van der Waals surface area contributed by atoms with Crippen LogP contribution in [0.4, 0.5) is 5.13 Å². The van der Waals surface area contributed by atoms with Gasteiger partial charge >= 0.3 is 0 Å². The Bertz CT molecular complexity index is 344. The number of anilines is 1. The van der Waals surface area contributed by atoms with Gasteiger partial charge in [-0.05, 0) is 13.3 Å². The lowest BCUT2D eigenvalue weighted by Crippen LogP contribution is -2.49. The molecule has 90 valence electrons. The summed E-state index contributed by atoms with van der Waals surface area (Å²) in [5.74, 6) is 0. The monoisotopic (exact) mass is 304 g/mol. The van der Waals surface area contributed by atoms with E-state index in [2.05, 4.69) is 45.0 Å². The van der Waals surface area contributed by atoms with Crippen LogP contribution in [0.5, 0.6) is 0 Å². The predicted molar refractivity (Wildman–Crippen MR) is 71.8 cm³/mol. The number of ether oxygens (including phenoxy) is 1.